The third-order valence-corrected chi connectivity index (χ3v) is 5.93. The molecule has 0 fully saturated rings. The fraction of sp³-hybridized carbons (Fsp3) is 0.154. The fourth-order valence-corrected chi connectivity index (χ4v) is 4.43. The van der Waals surface area contributed by atoms with Crippen molar-refractivity contribution in [2.75, 3.05) is 6.61 Å². The van der Waals surface area contributed by atoms with Crippen LogP contribution in [0.25, 0.3) is 0 Å². The van der Waals surface area contributed by atoms with Crippen molar-refractivity contribution in [1.82, 2.24) is 0 Å². The molecule has 3 N–H and O–H groups in total. The maximum Gasteiger partial charge on any atom is 0.341 e. The van der Waals surface area contributed by atoms with Gasteiger partial charge in [-0.2, -0.15) is 0 Å². The van der Waals surface area contributed by atoms with Gasteiger partial charge < -0.3 is 15.6 Å². The largest absolute Gasteiger partial charge is 0.482 e. The van der Waals surface area contributed by atoms with E-state index in [1.165, 1.54) is 24.3 Å². The van der Waals surface area contributed by atoms with Crippen LogP contribution in [0, 0.1) is 0 Å². The van der Waals surface area contributed by atoms with Crippen LogP contribution in [0.1, 0.15) is 5.56 Å². The number of aliphatic carboxylic acids is 1. The topological polar surface area (TPSA) is 107 Å². The zero-order valence-electron chi connectivity index (χ0n) is 10.9. The van der Waals surface area contributed by atoms with Gasteiger partial charge in [0.15, 0.2) is 6.61 Å². The zero-order chi connectivity index (χ0) is 15.5. The third-order valence-electron chi connectivity index (χ3n) is 2.69. The molecule has 1 heterocycles. The number of hydrogen-bond acceptors (Lipinski definition) is 6. The van der Waals surface area contributed by atoms with Crippen LogP contribution in [0.15, 0.2) is 44.8 Å². The first-order valence-corrected chi connectivity index (χ1v) is 8.28. The van der Waals surface area contributed by atoms with E-state index in [0.29, 0.717) is 0 Å². The minimum absolute atomic E-state index is 0.0374. The van der Waals surface area contributed by atoms with Crippen molar-refractivity contribution >= 4 is 27.1 Å². The van der Waals surface area contributed by atoms with Crippen LogP contribution in [0.2, 0.25) is 0 Å². The minimum atomic E-state index is -3.69. The van der Waals surface area contributed by atoms with Gasteiger partial charge in [0.1, 0.15) is 9.96 Å². The molecule has 0 radical (unpaired) electrons. The summed E-state index contributed by atoms with van der Waals surface area (Å²) >= 11 is 1.10. The van der Waals surface area contributed by atoms with E-state index < -0.39 is 22.4 Å². The lowest BCUT2D eigenvalue weighted by Crippen LogP contribution is -2.14. The standard InChI is InChI=1S/C13H13NO5S2/c14-7-9-10(19-8-12(15)16)3-1-4-11(9)21(17,18)13-5-2-6-20-13/h1-6H,7-8,14H2,(H,15,16). The van der Waals surface area contributed by atoms with E-state index in [-0.39, 0.29) is 27.0 Å². The van der Waals surface area contributed by atoms with Crippen LogP contribution in [0.4, 0.5) is 0 Å². The summed E-state index contributed by atoms with van der Waals surface area (Å²) in [6.45, 7) is -0.634. The van der Waals surface area contributed by atoms with Crippen molar-refractivity contribution in [3.05, 3.63) is 41.3 Å². The minimum Gasteiger partial charge on any atom is -0.482 e. The number of benzene rings is 1. The molecule has 6 nitrogen and oxygen atoms in total. The normalized spacial score (nSPS) is 11.3. The highest BCUT2D eigenvalue weighted by Crippen LogP contribution is 2.31. The maximum atomic E-state index is 12.5. The number of nitrogens with two attached hydrogens (primary N) is 1. The van der Waals surface area contributed by atoms with Gasteiger partial charge in [0.25, 0.3) is 0 Å². The molecule has 0 aliphatic carbocycles. The van der Waals surface area contributed by atoms with Crippen molar-refractivity contribution in [3.63, 3.8) is 0 Å². The molecule has 0 saturated heterocycles. The summed E-state index contributed by atoms with van der Waals surface area (Å²) in [4.78, 5) is 10.6. The van der Waals surface area contributed by atoms with Crippen molar-refractivity contribution in [1.29, 1.82) is 0 Å². The van der Waals surface area contributed by atoms with Crippen molar-refractivity contribution < 1.29 is 23.1 Å². The highest BCUT2D eigenvalue weighted by molar-refractivity contribution is 7.93. The van der Waals surface area contributed by atoms with E-state index in [1.807, 2.05) is 0 Å². The Morgan fingerprint density at radius 3 is 2.62 bits per heavy atom. The van der Waals surface area contributed by atoms with Gasteiger partial charge in [0.2, 0.25) is 9.84 Å². The average Bonchev–Trinajstić information content (AvgIpc) is 2.99. The van der Waals surface area contributed by atoms with Gasteiger partial charge in [-0.25, -0.2) is 13.2 Å². The molecule has 0 atom stereocenters. The summed E-state index contributed by atoms with van der Waals surface area (Å²) in [5.74, 6) is -0.984. The zero-order valence-corrected chi connectivity index (χ0v) is 12.5. The number of hydrogen-bond donors (Lipinski definition) is 2. The maximum absolute atomic E-state index is 12.5. The van der Waals surface area contributed by atoms with Gasteiger partial charge in [-0.3, -0.25) is 0 Å². The molecular weight excluding hydrogens is 314 g/mol. The van der Waals surface area contributed by atoms with Crippen molar-refractivity contribution in [3.8, 4) is 5.75 Å². The second-order valence-electron chi connectivity index (χ2n) is 4.05. The lowest BCUT2D eigenvalue weighted by atomic mass is 10.2. The number of carbonyl (C=O) groups is 1. The van der Waals surface area contributed by atoms with Crippen LogP contribution >= 0.6 is 11.3 Å². The Labute approximate surface area is 125 Å². The smallest absolute Gasteiger partial charge is 0.341 e. The molecule has 2 rings (SSSR count). The number of ether oxygens (including phenoxy) is 1. The molecule has 0 aliphatic heterocycles. The van der Waals surface area contributed by atoms with E-state index in [2.05, 4.69) is 0 Å². The Morgan fingerprint density at radius 1 is 1.29 bits per heavy atom. The molecule has 0 amide bonds. The van der Waals surface area contributed by atoms with Gasteiger partial charge in [0.05, 0.1) is 4.90 Å². The summed E-state index contributed by atoms with van der Waals surface area (Å²) in [7, 11) is -3.69. The Kier molecular flexibility index (Phi) is 4.61. The van der Waals surface area contributed by atoms with Gasteiger partial charge in [0, 0.05) is 12.1 Å². The SMILES string of the molecule is NCc1c(OCC(=O)O)cccc1S(=O)(=O)c1cccs1. The summed E-state index contributed by atoms with van der Waals surface area (Å²) in [6.07, 6.45) is 0. The van der Waals surface area contributed by atoms with Gasteiger partial charge in [-0.1, -0.05) is 12.1 Å². The van der Waals surface area contributed by atoms with Gasteiger partial charge in [-0.15, -0.1) is 11.3 Å². The Bertz CT molecular complexity index is 738. The average molecular weight is 327 g/mol. The first-order chi connectivity index (χ1) is 9.96. The van der Waals surface area contributed by atoms with Crippen LogP contribution < -0.4 is 10.5 Å². The summed E-state index contributed by atoms with van der Waals surface area (Å²) in [5.41, 5.74) is 5.89. The summed E-state index contributed by atoms with van der Waals surface area (Å²) < 4.78 is 30.4. The van der Waals surface area contributed by atoms with E-state index in [1.54, 1.807) is 11.4 Å². The first-order valence-electron chi connectivity index (χ1n) is 5.92. The quantitative estimate of drug-likeness (QED) is 0.833. The predicted octanol–water partition coefficient (Wildman–Crippen LogP) is 1.50. The number of thiophene rings is 1. The number of carboxylic acid groups (broad SMARTS) is 1. The Hall–Kier alpha value is -1.90. The second kappa shape index (κ2) is 6.25. The molecule has 112 valence electrons. The van der Waals surface area contributed by atoms with Crippen LogP contribution in [0.5, 0.6) is 5.75 Å². The number of rotatable bonds is 6. The molecule has 2 aromatic rings. The van der Waals surface area contributed by atoms with E-state index in [9.17, 15) is 13.2 Å². The van der Waals surface area contributed by atoms with Crippen molar-refractivity contribution in [2.45, 2.75) is 15.6 Å². The number of sulfone groups is 1. The molecule has 21 heavy (non-hydrogen) atoms. The summed E-state index contributed by atoms with van der Waals surface area (Å²) in [6, 6.07) is 7.58. The molecule has 8 heteroatoms. The molecular formula is C13H13NO5S2. The highest BCUT2D eigenvalue weighted by atomic mass is 32.2. The lowest BCUT2D eigenvalue weighted by molar-refractivity contribution is -0.139. The molecule has 0 bridgehead atoms. The van der Waals surface area contributed by atoms with Crippen LogP contribution in [0.3, 0.4) is 0 Å². The Balaban J connectivity index is 2.50. The van der Waals surface area contributed by atoms with Gasteiger partial charge >= 0.3 is 5.97 Å². The van der Waals surface area contributed by atoms with Crippen LogP contribution in [-0.2, 0) is 21.2 Å². The lowest BCUT2D eigenvalue weighted by Gasteiger charge is -2.13. The fourth-order valence-electron chi connectivity index (χ4n) is 1.80. The molecule has 0 spiro atoms. The van der Waals surface area contributed by atoms with Crippen LogP contribution in [-0.4, -0.2) is 26.1 Å². The Morgan fingerprint density at radius 2 is 2.05 bits per heavy atom. The van der Waals surface area contributed by atoms with E-state index in [0.717, 1.165) is 11.3 Å². The molecule has 1 aromatic heterocycles. The number of carboxylic acids is 1. The highest BCUT2D eigenvalue weighted by Gasteiger charge is 2.24. The summed E-state index contributed by atoms with van der Waals surface area (Å²) in [5, 5.41) is 10.3. The molecule has 0 aliphatic rings. The van der Waals surface area contributed by atoms with Gasteiger partial charge in [-0.05, 0) is 23.6 Å². The van der Waals surface area contributed by atoms with E-state index >= 15 is 0 Å². The molecule has 0 unspecified atom stereocenters. The predicted molar refractivity (Wildman–Crippen MR) is 77.2 cm³/mol. The monoisotopic (exact) mass is 327 g/mol. The molecule has 0 saturated carbocycles. The first kappa shape index (κ1) is 15.5. The second-order valence-corrected chi connectivity index (χ2v) is 7.15. The molecule has 1 aromatic carbocycles. The van der Waals surface area contributed by atoms with E-state index in [4.69, 9.17) is 15.6 Å². The third kappa shape index (κ3) is 3.23. The van der Waals surface area contributed by atoms with Crippen molar-refractivity contribution in [2.24, 2.45) is 5.73 Å².